The van der Waals surface area contributed by atoms with Gasteiger partial charge < -0.3 is 9.47 Å². The summed E-state index contributed by atoms with van der Waals surface area (Å²) in [5.74, 6) is -1.73. The van der Waals surface area contributed by atoms with E-state index in [1.54, 1.807) is 13.0 Å². The number of nitriles is 1. The number of hydrogen-bond acceptors (Lipinski definition) is 4. The molecule has 0 saturated heterocycles. The Labute approximate surface area is 107 Å². The number of alkyl halides is 3. The third kappa shape index (κ3) is 3.37. The van der Waals surface area contributed by atoms with Crippen LogP contribution in [0, 0.1) is 11.3 Å². The van der Waals surface area contributed by atoms with Gasteiger partial charge in [-0.15, -0.1) is 13.2 Å². The van der Waals surface area contributed by atoms with Crippen LogP contribution in [0.5, 0.6) is 5.75 Å². The van der Waals surface area contributed by atoms with E-state index in [1.165, 1.54) is 12.1 Å². The lowest BCUT2D eigenvalue weighted by atomic mass is 10.0. The van der Waals surface area contributed by atoms with Crippen LogP contribution in [0.2, 0.25) is 0 Å². The smallest absolute Gasteiger partial charge is 0.465 e. The second kappa shape index (κ2) is 5.61. The van der Waals surface area contributed by atoms with Crippen molar-refractivity contribution in [3.05, 3.63) is 28.8 Å². The maximum atomic E-state index is 12.4. The molecular weight excluding hydrogens is 263 g/mol. The van der Waals surface area contributed by atoms with Crippen LogP contribution in [-0.2, 0) is 11.2 Å². The summed E-state index contributed by atoms with van der Waals surface area (Å²) in [4.78, 5) is 11.5. The van der Waals surface area contributed by atoms with E-state index >= 15 is 0 Å². The highest BCUT2D eigenvalue weighted by molar-refractivity contribution is 5.95. The lowest BCUT2D eigenvalue weighted by Crippen LogP contribution is -2.21. The second-order valence-electron chi connectivity index (χ2n) is 3.48. The first-order valence-electron chi connectivity index (χ1n) is 5.24. The lowest BCUT2D eigenvalue weighted by molar-refractivity contribution is -0.275. The summed E-state index contributed by atoms with van der Waals surface area (Å²) in [6.07, 6.45) is -4.75. The Hall–Kier alpha value is -2.23. The van der Waals surface area contributed by atoms with Gasteiger partial charge in [0.15, 0.2) is 0 Å². The molecule has 0 aliphatic carbocycles. The van der Waals surface area contributed by atoms with Gasteiger partial charge in [0, 0.05) is 0 Å². The van der Waals surface area contributed by atoms with E-state index in [9.17, 15) is 18.0 Å². The molecule has 0 amide bonds. The number of hydrogen-bond donors (Lipinski definition) is 0. The third-order valence-corrected chi connectivity index (χ3v) is 2.35. The Morgan fingerprint density at radius 2 is 2.05 bits per heavy atom. The largest absolute Gasteiger partial charge is 0.573 e. The number of halogens is 3. The lowest BCUT2D eigenvalue weighted by Gasteiger charge is -2.16. The zero-order valence-electron chi connectivity index (χ0n) is 10.2. The van der Waals surface area contributed by atoms with Gasteiger partial charge in [-0.05, 0) is 18.1 Å². The number of methoxy groups -OCH3 is 1. The van der Waals surface area contributed by atoms with Gasteiger partial charge in [-0.3, -0.25) is 0 Å². The molecule has 1 rings (SSSR count). The van der Waals surface area contributed by atoms with Crippen molar-refractivity contribution >= 4 is 5.97 Å². The Morgan fingerprint density at radius 3 is 2.47 bits per heavy atom. The molecule has 1 aromatic rings. The van der Waals surface area contributed by atoms with E-state index in [0.29, 0.717) is 0 Å². The van der Waals surface area contributed by atoms with Crippen LogP contribution < -0.4 is 4.74 Å². The van der Waals surface area contributed by atoms with E-state index < -0.39 is 23.6 Å². The van der Waals surface area contributed by atoms with Crippen LogP contribution in [0.4, 0.5) is 13.2 Å². The summed E-state index contributed by atoms with van der Waals surface area (Å²) >= 11 is 0. The number of rotatable bonds is 3. The number of aryl methyl sites for hydroxylation is 1. The van der Waals surface area contributed by atoms with Gasteiger partial charge in [0.05, 0.1) is 12.7 Å². The van der Waals surface area contributed by atoms with Crippen LogP contribution in [0.25, 0.3) is 0 Å². The molecule has 19 heavy (non-hydrogen) atoms. The molecule has 0 radical (unpaired) electrons. The first kappa shape index (κ1) is 14.8. The maximum Gasteiger partial charge on any atom is 0.573 e. The van der Waals surface area contributed by atoms with Crippen LogP contribution in [-0.4, -0.2) is 19.4 Å². The minimum absolute atomic E-state index is 0.164. The van der Waals surface area contributed by atoms with Crippen molar-refractivity contribution < 1.29 is 27.4 Å². The van der Waals surface area contributed by atoms with Gasteiger partial charge in [-0.1, -0.05) is 13.0 Å². The highest BCUT2D eigenvalue weighted by atomic mass is 19.4. The number of esters is 1. The monoisotopic (exact) mass is 273 g/mol. The standard InChI is InChI=1S/C12H10F3NO3/c1-3-7-4-5-8(6-16)9(11(17)18-2)10(7)19-12(13,14)15/h4-5H,3H2,1-2H3. The average Bonchev–Trinajstić information content (AvgIpc) is 2.35. The Morgan fingerprint density at radius 1 is 1.42 bits per heavy atom. The number of benzene rings is 1. The third-order valence-electron chi connectivity index (χ3n) is 2.35. The topological polar surface area (TPSA) is 59.3 Å². The number of nitrogens with zero attached hydrogens (tertiary/aromatic N) is 1. The van der Waals surface area contributed by atoms with Gasteiger partial charge in [0.2, 0.25) is 0 Å². The van der Waals surface area contributed by atoms with Crippen molar-refractivity contribution in [3.63, 3.8) is 0 Å². The Bertz CT molecular complexity index is 532. The molecule has 4 nitrogen and oxygen atoms in total. The van der Waals surface area contributed by atoms with E-state index in [2.05, 4.69) is 9.47 Å². The summed E-state index contributed by atoms with van der Waals surface area (Å²) in [5, 5.41) is 8.85. The molecule has 0 saturated carbocycles. The molecule has 102 valence electrons. The number of carbonyl (C=O) groups excluding carboxylic acids is 1. The fourth-order valence-corrected chi connectivity index (χ4v) is 1.53. The summed E-state index contributed by atoms with van der Waals surface area (Å²) in [6.45, 7) is 1.60. The fourth-order valence-electron chi connectivity index (χ4n) is 1.53. The van der Waals surface area contributed by atoms with Crippen molar-refractivity contribution in [1.29, 1.82) is 5.26 Å². The van der Waals surface area contributed by atoms with Crippen molar-refractivity contribution in [1.82, 2.24) is 0 Å². The molecule has 0 aliphatic heterocycles. The predicted molar refractivity (Wildman–Crippen MR) is 58.6 cm³/mol. The SMILES string of the molecule is CCc1ccc(C#N)c(C(=O)OC)c1OC(F)(F)F. The van der Waals surface area contributed by atoms with Crippen molar-refractivity contribution in [3.8, 4) is 11.8 Å². The molecule has 1 aromatic carbocycles. The summed E-state index contributed by atoms with van der Waals surface area (Å²) in [6, 6.07) is 4.21. The van der Waals surface area contributed by atoms with Crippen molar-refractivity contribution in [2.45, 2.75) is 19.7 Å². The first-order valence-corrected chi connectivity index (χ1v) is 5.24. The second-order valence-corrected chi connectivity index (χ2v) is 3.48. The van der Waals surface area contributed by atoms with E-state index in [-0.39, 0.29) is 17.5 Å². The van der Waals surface area contributed by atoms with Gasteiger partial charge in [0.25, 0.3) is 0 Å². The predicted octanol–water partition coefficient (Wildman–Crippen LogP) is 2.81. The highest BCUT2D eigenvalue weighted by Gasteiger charge is 2.35. The molecule has 0 heterocycles. The first-order chi connectivity index (χ1) is 8.84. The minimum Gasteiger partial charge on any atom is -0.465 e. The van der Waals surface area contributed by atoms with Crippen LogP contribution >= 0.6 is 0 Å². The molecule has 0 atom stereocenters. The Kier molecular flexibility index (Phi) is 4.38. The molecule has 0 aromatic heterocycles. The van der Waals surface area contributed by atoms with Crippen LogP contribution in [0.15, 0.2) is 12.1 Å². The molecular formula is C12H10F3NO3. The zero-order chi connectivity index (χ0) is 14.6. The molecule has 7 heteroatoms. The fraction of sp³-hybridized carbons (Fsp3) is 0.333. The summed E-state index contributed by atoms with van der Waals surface area (Å²) in [5.41, 5.74) is -0.582. The average molecular weight is 273 g/mol. The van der Waals surface area contributed by atoms with Crippen LogP contribution in [0.3, 0.4) is 0 Å². The molecule has 0 spiro atoms. The van der Waals surface area contributed by atoms with Gasteiger partial charge in [0.1, 0.15) is 17.4 Å². The van der Waals surface area contributed by atoms with E-state index in [0.717, 1.165) is 7.11 Å². The molecule has 0 bridgehead atoms. The summed E-state index contributed by atoms with van der Waals surface area (Å²) in [7, 11) is 1.01. The van der Waals surface area contributed by atoms with Crippen LogP contribution in [0.1, 0.15) is 28.4 Å². The maximum absolute atomic E-state index is 12.4. The van der Waals surface area contributed by atoms with Gasteiger partial charge >= 0.3 is 12.3 Å². The van der Waals surface area contributed by atoms with Gasteiger partial charge in [-0.2, -0.15) is 5.26 Å². The normalized spacial score (nSPS) is 10.7. The highest BCUT2D eigenvalue weighted by Crippen LogP contribution is 2.33. The molecule has 0 fully saturated rings. The molecule has 0 unspecified atom stereocenters. The zero-order valence-corrected chi connectivity index (χ0v) is 10.2. The minimum atomic E-state index is -4.96. The van der Waals surface area contributed by atoms with Gasteiger partial charge in [-0.25, -0.2) is 4.79 Å². The summed E-state index contributed by atoms with van der Waals surface area (Å²) < 4.78 is 45.4. The Balaban J connectivity index is 3.53. The number of carbonyl (C=O) groups is 1. The quantitative estimate of drug-likeness (QED) is 0.794. The molecule has 0 aliphatic rings. The van der Waals surface area contributed by atoms with E-state index in [4.69, 9.17) is 5.26 Å². The van der Waals surface area contributed by atoms with Crippen molar-refractivity contribution in [2.24, 2.45) is 0 Å². The van der Waals surface area contributed by atoms with E-state index in [1.807, 2.05) is 0 Å². The molecule has 0 N–H and O–H groups in total. The number of ether oxygens (including phenoxy) is 2. The van der Waals surface area contributed by atoms with Crippen molar-refractivity contribution in [2.75, 3.05) is 7.11 Å².